The predicted molar refractivity (Wildman–Crippen MR) is 238 cm³/mol. The lowest BCUT2D eigenvalue weighted by atomic mass is 9.33. The average Bonchev–Trinajstić information content (AvgIpc) is 3.79. The Bertz CT molecular complexity index is 3410. The molecule has 0 amide bonds. The SMILES string of the molecule is CC(C)c1cccc(C(C)C)c1B1c2cc3ccccc3c3nc4n(-c5ccc6c7ccccc7n(-c7ccccc7)c6c5)c5cccc6ccc1c(c65)n4c23. The first-order chi connectivity index (χ1) is 27.5. The van der Waals surface area contributed by atoms with Crippen LogP contribution in [0.5, 0.6) is 0 Å². The van der Waals surface area contributed by atoms with E-state index in [0.717, 1.165) is 28.2 Å². The molecule has 56 heavy (non-hydrogen) atoms. The lowest BCUT2D eigenvalue weighted by Crippen LogP contribution is -2.57. The van der Waals surface area contributed by atoms with Gasteiger partial charge in [0.05, 0.1) is 38.8 Å². The Morgan fingerprint density at radius 1 is 0.482 bits per heavy atom. The Hall–Kier alpha value is -6.59. The zero-order chi connectivity index (χ0) is 37.4. The van der Waals surface area contributed by atoms with Crippen molar-refractivity contribution in [2.75, 3.05) is 0 Å². The third-order valence-electron chi connectivity index (χ3n) is 12.6. The topological polar surface area (TPSA) is 27.2 Å². The predicted octanol–water partition coefficient (Wildman–Crippen LogP) is 10.9. The summed E-state index contributed by atoms with van der Waals surface area (Å²) in [6.45, 7) is 9.45. The fourth-order valence-electron chi connectivity index (χ4n) is 10.3. The molecule has 0 saturated carbocycles. The van der Waals surface area contributed by atoms with Crippen molar-refractivity contribution >= 4 is 94.3 Å². The van der Waals surface area contributed by atoms with E-state index in [1.54, 1.807) is 0 Å². The highest BCUT2D eigenvalue weighted by Crippen LogP contribution is 2.39. The standard InChI is InChI=1S/C51H39BN4/c1-30(2)36-20-13-21-37(31(3)4)47(36)52-41-27-24-32-15-12-23-44-46(32)49(41)56-50-42(52)28-33-14-8-9-18-38(33)48(50)53-51(56)55(44)35-25-26-40-39-19-10-11-22-43(39)54(45(40)29-35)34-16-6-5-7-17-34/h5-31H,1-4H3. The zero-order valence-corrected chi connectivity index (χ0v) is 32.0. The number of benzene rings is 8. The van der Waals surface area contributed by atoms with Crippen LogP contribution in [0.3, 0.4) is 0 Å². The van der Waals surface area contributed by atoms with Crippen LogP contribution in [0.15, 0.2) is 152 Å². The van der Waals surface area contributed by atoms with E-state index in [1.165, 1.54) is 81.9 Å². The quantitative estimate of drug-likeness (QED) is 0.163. The van der Waals surface area contributed by atoms with Crippen LogP contribution in [0.2, 0.25) is 0 Å². The molecule has 0 saturated heterocycles. The summed E-state index contributed by atoms with van der Waals surface area (Å²) in [7, 11) is 0. The van der Waals surface area contributed by atoms with Gasteiger partial charge < -0.3 is 4.57 Å². The molecule has 8 aromatic carbocycles. The Morgan fingerprint density at radius 2 is 1.16 bits per heavy atom. The Kier molecular flexibility index (Phi) is 6.50. The van der Waals surface area contributed by atoms with Gasteiger partial charge in [-0.2, -0.15) is 0 Å². The summed E-state index contributed by atoms with van der Waals surface area (Å²) in [6.07, 6.45) is 0. The van der Waals surface area contributed by atoms with Gasteiger partial charge in [0, 0.05) is 27.2 Å². The van der Waals surface area contributed by atoms with E-state index in [1.807, 2.05) is 0 Å². The minimum atomic E-state index is 0.0621. The second kappa shape index (κ2) is 11.5. The lowest BCUT2D eigenvalue weighted by molar-refractivity contribution is 0.845. The maximum atomic E-state index is 5.75. The van der Waals surface area contributed by atoms with Gasteiger partial charge in [-0.3, -0.25) is 8.97 Å². The lowest BCUT2D eigenvalue weighted by Gasteiger charge is -2.30. The van der Waals surface area contributed by atoms with Crippen molar-refractivity contribution in [2.45, 2.75) is 39.5 Å². The van der Waals surface area contributed by atoms with Crippen LogP contribution in [0.1, 0.15) is 50.7 Å². The molecule has 0 aliphatic carbocycles. The molecule has 4 heterocycles. The molecular formula is C51H39BN4. The molecule has 0 unspecified atom stereocenters. The van der Waals surface area contributed by atoms with Gasteiger partial charge in [-0.1, -0.05) is 148 Å². The molecule has 0 radical (unpaired) electrons. The molecule has 3 aromatic heterocycles. The monoisotopic (exact) mass is 718 g/mol. The minimum Gasteiger partial charge on any atom is -0.309 e. The molecule has 11 aromatic rings. The second-order valence-corrected chi connectivity index (χ2v) is 16.3. The molecule has 0 atom stereocenters. The summed E-state index contributed by atoms with van der Waals surface area (Å²) in [5.41, 5.74) is 16.3. The number of aromatic nitrogens is 4. The average molecular weight is 719 g/mol. The fraction of sp³-hybridized carbons (Fsp3) is 0.118. The largest absolute Gasteiger partial charge is 0.309 e. The third kappa shape index (κ3) is 4.12. The zero-order valence-electron chi connectivity index (χ0n) is 32.0. The highest BCUT2D eigenvalue weighted by Gasteiger charge is 2.37. The molecule has 0 spiro atoms. The molecule has 4 nitrogen and oxygen atoms in total. The van der Waals surface area contributed by atoms with Crippen LogP contribution in [0, 0.1) is 0 Å². The molecule has 1 aliphatic heterocycles. The maximum Gasteiger partial charge on any atom is 0.247 e. The Morgan fingerprint density at radius 3 is 1.96 bits per heavy atom. The maximum absolute atomic E-state index is 5.75. The van der Waals surface area contributed by atoms with Gasteiger partial charge in [0.15, 0.2) is 0 Å². The third-order valence-corrected chi connectivity index (χ3v) is 12.6. The van der Waals surface area contributed by atoms with Crippen molar-refractivity contribution in [2.24, 2.45) is 0 Å². The summed E-state index contributed by atoms with van der Waals surface area (Å²) in [6, 6.07) is 56.4. The summed E-state index contributed by atoms with van der Waals surface area (Å²) < 4.78 is 7.35. The summed E-state index contributed by atoms with van der Waals surface area (Å²) >= 11 is 0. The van der Waals surface area contributed by atoms with E-state index in [4.69, 9.17) is 4.98 Å². The van der Waals surface area contributed by atoms with Crippen molar-refractivity contribution in [3.63, 3.8) is 0 Å². The van der Waals surface area contributed by atoms with E-state index in [9.17, 15) is 0 Å². The van der Waals surface area contributed by atoms with E-state index in [2.05, 4.69) is 193 Å². The Balaban J connectivity index is 1.27. The highest BCUT2D eigenvalue weighted by atomic mass is 15.2. The fourth-order valence-corrected chi connectivity index (χ4v) is 10.3. The first kappa shape index (κ1) is 31.7. The summed E-state index contributed by atoms with van der Waals surface area (Å²) in [4.78, 5) is 5.75. The molecule has 5 heteroatoms. The number of para-hydroxylation sites is 2. The van der Waals surface area contributed by atoms with E-state index < -0.39 is 0 Å². The van der Waals surface area contributed by atoms with Crippen molar-refractivity contribution in [1.82, 2.24) is 18.5 Å². The van der Waals surface area contributed by atoms with Crippen molar-refractivity contribution in [3.05, 3.63) is 163 Å². The van der Waals surface area contributed by atoms with Crippen LogP contribution in [0.25, 0.3) is 82.6 Å². The number of rotatable bonds is 5. The Labute approximate surface area is 325 Å². The summed E-state index contributed by atoms with van der Waals surface area (Å²) in [5.74, 6) is 1.70. The van der Waals surface area contributed by atoms with Gasteiger partial charge in [0.1, 0.15) is 0 Å². The van der Waals surface area contributed by atoms with Crippen molar-refractivity contribution in [3.8, 4) is 11.4 Å². The van der Waals surface area contributed by atoms with E-state index >= 15 is 0 Å². The minimum absolute atomic E-state index is 0.0621. The molecule has 0 bridgehead atoms. The van der Waals surface area contributed by atoms with Crippen LogP contribution in [-0.2, 0) is 0 Å². The van der Waals surface area contributed by atoms with Gasteiger partial charge in [0.2, 0.25) is 12.5 Å². The first-order valence-electron chi connectivity index (χ1n) is 20.0. The number of imidazole rings is 1. The number of hydrogen-bond acceptors (Lipinski definition) is 1. The first-order valence-corrected chi connectivity index (χ1v) is 20.0. The number of hydrogen-bond donors (Lipinski definition) is 0. The molecular weight excluding hydrogens is 679 g/mol. The van der Waals surface area contributed by atoms with Gasteiger partial charge >= 0.3 is 0 Å². The molecule has 0 N–H and O–H groups in total. The normalized spacial score (nSPS) is 12.9. The number of fused-ring (bicyclic) bond motifs is 5. The molecule has 1 aliphatic rings. The van der Waals surface area contributed by atoms with E-state index in [-0.39, 0.29) is 6.71 Å². The van der Waals surface area contributed by atoms with Gasteiger partial charge in [0.25, 0.3) is 0 Å². The van der Waals surface area contributed by atoms with Crippen LogP contribution in [-0.4, -0.2) is 25.2 Å². The molecule has 12 rings (SSSR count). The number of nitrogens with zero attached hydrogens (tertiary/aromatic N) is 4. The smallest absolute Gasteiger partial charge is 0.247 e. The molecule has 266 valence electrons. The second-order valence-electron chi connectivity index (χ2n) is 16.3. The van der Waals surface area contributed by atoms with Crippen molar-refractivity contribution in [1.29, 1.82) is 0 Å². The highest BCUT2D eigenvalue weighted by molar-refractivity contribution is 6.99. The van der Waals surface area contributed by atoms with E-state index in [0.29, 0.717) is 11.8 Å². The summed E-state index contributed by atoms with van der Waals surface area (Å²) in [5, 5.41) is 7.42. The van der Waals surface area contributed by atoms with Crippen LogP contribution < -0.4 is 16.4 Å². The van der Waals surface area contributed by atoms with Crippen LogP contribution in [0.4, 0.5) is 0 Å². The molecule has 0 fully saturated rings. The van der Waals surface area contributed by atoms with Gasteiger partial charge in [-0.05, 0) is 81.1 Å². The van der Waals surface area contributed by atoms with Gasteiger partial charge in [-0.15, -0.1) is 0 Å². The van der Waals surface area contributed by atoms with Crippen LogP contribution >= 0.6 is 0 Å². The van der Waals surface area contributed by atoms with Gasteiger partial charge in [-0.25, -0.2) is 4.98 Å². The van der Waals surface area contributed by atoms with Crippen molar-refractivity contribution < 1.29 is 0 Å².